The maximum atomic E-state index is 4.85. The number of benzene rings is 1. The maximum Gasteiger partial charge on any atom is 0.0948 e. The Bertz CT molecular complexity index is 585. The second-order valence-electron chi connectivity index (χ2n) is 5.69. The Morgan fingerprint density at radius 1 is 1.20 bits per heavy atom. The summed E-state index contributed by atoms with van der Waals surface area (Å²) in [4.78, 5) is 6.16. The first kappa shape index (κ1) is 15.2. The van der Waals surface area contributed by atoms with Crippen LogP contribution < -0.4 is 5.32 Å². The molecule has 1 aromatic carbocycles. The highest BCUT2D eigenvalue weighted by molar-refractivity contribution is 7.12. The molecule has 0 bridgehead atoms. The number of rotatable bonds is 5. The molecule has 1 heterocycles. The van der Waals surface area contributed by atoms with E-state index in [1.165, 1.54) is 26.6 Å². The number of hydrogen-bond donors (Lipinski definition) is 1. The average Bonchev–Trinajstić information content (AvgIpc) is 2.70. The normalized spacial score (nSPS) is 11.3. The van der Waals surface area contributed by atoms with Crippen molar-refractivity contribution in [1.29, 1.82) is 0 Å². The zero-order chi connectivity index (χ0) is 14.7. The maximum absolute atomic E-state index is 4.85. The molecule has 0 saturated carbocycles. The smallest absolute Gasteiger partial charge is 0.0948 e. The molecule has 0 aliphatic carbocycles. The molecule has 2 nitrogen and oxygen atoms in total. The molecule has 0 saturated heterocycles. The van der Waals surface area contributed by atoms with Gasteiger partial charge in [0.1, 0.15) is 0 Å². The van der Waals surface area contributed by atoms with Crippen LogP contribution in [0.5, 0.6) is 0 Å². The minimum Gasteiger partial charge on any atom is -0.314 e. The third kappa shape index (κ3) is 3.68. The lowest BCUT2D eigenvalue weighted by molar-refractivity contribution is 0.590. The zero-order valence-electron chi connectivity index (χ0n) is 13.1. The summed E-state index contributed by atoms with van der Waals surface area (Å²) in [7, 11) is 0. The molecule has 0 fully saturated rings. The number of hydrogen-bond acceptors (Lipinski definition) is 3. The lowest BCUT2D eigenvalue weighted by atomic mass is 10.0. The minimum absolute atomic E-state index is 0.537. The van der Waals surface area contributed by atoms with Gasteiger partial charge in [0.2, 0.25) is 0 Å². The van der Waals surface area contributed by atoms with Crippen LogP contribution in [0.1, 0.15) is 34.9 Å². The van der Waals surface area contributed by atoms with Crippen LogP contribution in [0.3, 0.4) is 0 Å². The monoisotopic (exact) mass is 288 g/mol. The topological polar surface area (TPSA) is 24.9 Å². The Kier molecular flexibility index (Phi) is 4.95. The van der Waals surface area contributed by atoms with Crippen LogP contribution in [0, 0.1) is 20.8 Å². The summed E-state index contributed by atoms with van der Waals surface area (Å²) in [5.74, 6) is 0. The van der Waals surface area contributed by atoms with E-state index in [1.807, 2.05) is 11.3 Å². The number of aromatic nitrogens is 1. The Labute approximate surface area is 126 Å². The largest absolute Gasteiger partial charge is 0.314 e. The van der Waals surface area contributed by atoms with Crippen molar-refractivity contribution < 1.29 is 0 Å². The molecule has 3 heteroatoms. The quantitative estimate of drug-likeness (QED) is 0.888. The summed E-state index contributed by atoms with van der Waals surface area (Å²) in [6, 6.07) is 7.13. The third-order valence-corrected chi connectivity index (χ3v) is 4.40. The van der Waals surface area contributed by atoms with E-state index in [1.54, 1.807) is 0 Å². The fourth-order valence-electron chi connectivity index (χ4n) is 2.36. The summed E-state index contributed by atoms with van der Waals surface area (Å²) in [5.41, 5.74) is 5.05. The number of aryl methyl sites for hydroxylation is 3. The first-order valence-electron chi connectivity index (χ1n) is 7.24. The summed E-state index contributed by atoms with van der Waals surface area (Å²) in [5, 5.41) is 4.68. The molecule has 0 aliphatic rings. The molecule has 0 aliphatic heterocycles. The molecule has 0 spiro atoms. The van der Waals surface area contributed by atoms with Gasteiger partial charge in [0.05, 0.1) is 10.7 Å². The van der Waals surface area contributed by atoms with Crippen LogP contribution in [0.25, 0.3) is 11.3 Å². The molecule has 1 aromatic heterocycles. The summed E-state index contributed by atoms with van der Waals surface area (Å²) < 4.78 is 0. The van der Waals surface area contributed by atoms with E-state index < -0.39 is 0 Å². The van der Waals surface area contributed by atoms with Crippen molar-refractivity contribution >= 4 is 11.3 Å². The molecule has 0 unspecified atom stereocenters. The van der Waals surface area contributed by atoms with Gasteiger partial charge in [-0.25, -0.2) is 4.98 Å². The zero-order valence-corrected chi connectivity index (χ0v) is 13.9. The van der Waals surface area contributed by atoms with Gasteiger partial charge >= 0.3 is 0 Å². The van der Waals surface area contributed by atoms with E-state index in [4.69, 9.17) is 4.98 Å². The van der Waals surface area contributed by atoms with Crippen LogP contribution in [-0.4, -0.2) is 17.6 Å². The first-order valence-corrected chi connectivity index (χ1v) is 8.06. The van der Waals surface area contributed by atoms with Gasteiger partial charge in [-0.3, -0.25) is 0 Å². The van der Waals surface area contributed by atoms with E-state index in [9.17, 15) is 0 Å². The molecule has 20 heavy (non-hydrogen) atoms. The number of nitrogens with one attached hydrogen (secondary N) is 1. The molecule has 0 amide bonds. The number of thiazole rings is 1. The van der Waals surface area contributed by atoms with Gasteiger partial charge in [0.15, 0.2) is 0 Å². The van der Waals surface area contributed by atoms with Gasteiger partial charge in [-0.2, -0.15) is 0 Å². The highest BCUT2D eigenvalue weighted by atomic mass is 32.1. The fraction of sp³-hybridized carbons (Fsp3) is 0.471. The third-order valence-electron chi connectivity index (χ3n) is 3.37. The second kappa shape index (κ2) is 6.51. The van der Waals surface area contributed by atoms with Gasteiger partial charge in [-0.05, 0) is 26.3 Å². The molecule has 0 atom stereocenters. The van der Waals surface area contributed by atoms with Crippen LogP contribution in [0.4, 0.5) is 0 Å². The van der Waals surface area contributed by atoms with Gasteiger partial charge in [-0.1, -0.05) is 37.6 Å². The van der Waals surface area contributed by atoms with Crippen LogP contribution in [0.15, 0.2) is 18.2 Å². The van der Waals surface area contributed by atoms with E-state index in [0.29, 0.717) is 6.04 Å². The van der Waals surface area contributed by atoms with Gasteiger partial charge in [0, 0.05) is 29.4 Å². The minimum atomic E-state index is 0.537. The SMILES string of the molecule is Cc1ccc(-c2nc(CCNC(C)C)sc2C)c(C)c1. The van der Waals surface area contributed by atoms with Gasteiger partial charge in [0.25, 0.3) is 0 Å². The van der Waals surface area contributed by atoms with Gasteiger partial charge in [-0.15, -0.1) is 11.3 Å². The standard InChI is InChI=1S/C17H24N2S/c1-11(2)18-9-8-16-19-17(14(5)20-16)15-7-6-12(3)10-13(15)4/h6-7,10-11,18H,8-9H2,1-5H3. The predicted octanol–water partition coefficient (Wildman–Crippen LogP) is 4.28. The number of nitrogens with zero attached hydrogens (tertiary/aromatic N) is 1. The summed E-state index contributed by atoms with van der Waals surface area (Å²) in [6.07, 6.45) is 1.01. The average molecular weight is 288 g/mol. The van der Waals surface area contributed by atoms with Crippen molar-refractivity contribution in [2.45, 2.75) is 47.1 Å². The summed E-state index contributed by atoms with van der Waals surface area (Å²) >= 11 is 1.82. The van der Waals surface area contributed by atoms with E-state index in [-0.39, 0.29) is 0 Å². The van der Waals surface area contributed by atoms with Crippen molar-refractivity contribution in [3.05, 3.63) is 39.2 Å². The van der Waals surface area contributed by atoms with Crippen molar-refractivity contribution in [3.8, 4) is 11.3 Å². The Balaban J connectivity index is 2.18. The van der Waals surface area contributed by atoms with Crippen molar-refractivity contribution in [2.24, 2.45) is 0 Å². The summed E-state index contributed by atoms with van der Waals surface area (Å²) in [6.45, 7) is 11.8. The van der Waals surface area contributed by atoms with Crippen molar-refractivity contribution in [2.75, 3.05) is 6.54 Å². The van der Waals surface area contributed by atoms with Crippen LogP contribution in [0.2, 0.25) is 0 Å². The molecule has 2 rings (SSSR count). The van der Waals surface area contributed by atoms with Crippen molar-refractivity contribution in [1.82, 2.24) is 10.3 Å². The first-order chi connectivity index (χ1) is 9.47. The van der Waals surface area contributed by atoms with E-state index in [0.717, 1.165) is 18.7 Å². The van der Waals surface area contributed by atoms with Crippen molar-refractivity contribution in [3.63, 3.8) is 0 Å². The lowest BCUT2D eigenvalue weighted by Gasteiger charge is -2.06. The molecule has 108 valence electrons. The lowest BCUT2D eigenvalue weighted by Crippen LogP contribution is -2.24. The highest BCUT2D eigenvalue weighted by Gasteiger charge is 2.11. The molecule has 2 aromatic rings. The van der Waals surface area contributed by atoms with Crippen LogP contribution >= 0.6 is 11.3 Å². The van der Waals surface area contributed by atoms with Gasteiger partial charge < -0.3 is 5.32 Å². The van der Waals surface area contributed by atoms with E-state index >= 15 is 0 Å². The van der Waals surface area contributed by atoms with Crippen LogP contribution in [-0.2, 0) is 6.42 Å². The Morgan fingerprint density at radius 3 is 2.60 bits per heavy atom. The fourth-order valence-corrected chi connectivity index (χ4v) is 3.30. The molecule has 0 radical (unpaired) electrons. The molecular formula is C17H24N2S. The Hall–Kier alpha value is -1.19. The molecular weight excluding hydrogens is 264 g/mol. The Morgan fingerprint density at radius 2 is 1.95 bits per heavy atom. The molecule has 1 N–H and O–H groups in total. The van der Waals surface area contributed by atoms with E-state index in [2.05, 4.69) is 58.1 Å². The predicted molar refractivity (Wildman–Crippen MR) is 88.6 cm³/mol. The highest BCUT2D eigenvalue weighted by Crippen LogP contribution is 2.30. The second-order valence-corrected chi connectivity index (χ2v) is 6.98.